The number of aromatic nitrogens is 1. The number of hydrogen-bond donors (Lipinski definition) is 0. The molecule has 0 saturated heterocycles. The van der Waals surface area contributed by atoms with Gasteiger partial charge in [-0.05, 0) is 24.6 Å². The van der Waals surface area contributed by atoms with Crippen molar-refractivity contribution in [3.63, 3.8) is 0 Å². The largest absolute Gasteiger partial charge is 0.440 e. The number of hydrogen-bond acceptors (Lipinski definition) is 2. The molecule has 1 aromatic heterocycles. The van der Waals surface area contributed by atoms with E-state index in [1.165, 1.54) is 0 Å². The summed E-state index contributed by atoms with van der Waals surface area (Å²) >= 11 is 5.89. The molecule has 15 heavy (non-hydrogen) atoms. The first-order valence-corrected chi connectivity index (χ1v) is 5.47. The van der Waals surface area contributed by atoms with Crippen LogP contribution >= 0.6 is 11.6 Å². The number of nitrogens with zero attached hydrogens (tertiary/aromatic N) is 1. The Morgan fingerprint density at radius 1 is 1.40 bits per heavy atom. The third-order valence-electron chi connectivity index (χ3n) is 2.81. The van der Waals surface area contributed by atoms with E-state index in [1.807, 2.05) is 18.2 Å². The van der Waals surface area contributed by atoms with Gasteiger partial charge in [-0.3, -0.25) is 0 Å². The number of fused-ring (bicyclic) bond motifs is 1. The van der Waals surface area contributed by atoms with E-state index >= 15 is 0 Å². The van der Waals surface area contributed by atoms with Crippen LogP contribution in [-0.2, 0) is 5.41 Å². The van der Waals surface area contributed by atoms with Gasteiger partial charge in [-0.15, -0.1) is 0 Å². The van der Waals surface area contributed by atoms with E-state index in [2.05, 4.69) is 25.8 Å². The quantitative estimate of drug-likeness (QED) is 0.764. The van der Waals surface area contributed by atoms with Gasteiger partial charge in [0.2, 0.25) is 5.89 Å². The van der Waals surface area contributed by atoms with Gasteiger partial charge < -0.3 is 4.42 Å². The van der Waals surface area contributed by atoms with E-state index in [0.717, 1.165) is 23.4 Å². The Bertz CT molecular complexity index is 487. The second kappa shape index (κ2) is 3.53. The zero-order chi connectivity index (χ0) is 11.1. The summed E-state index contributed by atoms with van der Waals surface area (Å²) in [6.07, 6.45) is 0.994. The normalized spacial score (nSPS) is 12.3. The average molecular weight is 224 g/mol. The van der Waals surface area contributed by atoms with E-state index < -0.39 is 0 Å². The Balaban J connectivity index is 2.56. The second-order valence-electron chi connectivity index (χ2n) is 4.37. The lowest BCUT2D eigenvalue weighted by molar-refractivity contribution is 0.374. The highest BCUT2D eigenvalue weighted by Gasteiger charge is 2.24. The molecule has 0 aliphatic rings. The molecule has 80 valence electrons. The Morgan fingerprint density at radius 2 is 2.13 bits per heavy atom. The van der Waals surface area contributed by atoms with Crippen molar-refractivity contribution < 1.29 is 4.42 Å². The lowest BCUT2D eigenvalue weighted by Crippen LogP contribution is -2.15. The van der Waals surface area contributed by atoms with Gasteiger partial charge in [0, 0.05) is 10.4 Å². The molecule has 0 N–H and O–H groups in total. The van der Waals surface area contributed by atoms with Gasteiger partial charge in [0.05, 0.1) is 0 Å². The van der Waals surface area contributed by atoms with Crippen LogP contribution in [0.3, 0.4) is 0 Å². The molecule has 0 atom stereocenters. The number of rotatable bonds is 2. The Labute approximate surface area is 94.3 Å². The smallest absolute Gasteiger partial charge is 0.201 e. The fraction of sp³-hybridized carbons (Fsp3) is 0.417. The predicted molar refractivity (Wildman–Crippen MR) is 62.3 cm³/mol. The summed E-state index contributed by atoms with van der Waals surface area (Å²) in [5.41, 5.74) is 1.61. The summed E-state index contributed by atoms with van der Waals surface area (Å²) in [4.78, 5) is 4.46. The first-order valence-electron chi connectivity index (χ1n) is 5.09. The highest BCUT2D eigenvalue weighted by molar-refractivity contribution is 6.31. The maximum atomic E-state index is 5.89. The van der Waals surface area contributed by atoms with Gasteiger partial charge in [0.15, 0.2) is 5.58 Å². The van der Waals surface area contributed by atoms with Crippen LogP contribution in [0, 0.1) is 0 Å². The first kappa shape index (κ1) is 10.5. The fourth-order valence-corrected chi connectivity index (χ4v) is 1.51. The maximum Gasteiger partial charge on any atom is 0.201 e. The predicted octanol–water partition coefficient (Wildman–Crippen LogP) is 4.17. The van der Waals surface area contributed by atoms with Crippen LogP contribution in [0.4, 0.5) is 0 Å². The molecular weight excluding hydrogens is 210 g/mol. The van der Waals surface area contributed by atoms with Gasteiger partial charge in [-0.2, -0.15) is 0 Å². The monoisotopic (exact) mass is 223 g/mol. The van der Waals surface area contributed by atoms with E-state index in [0.29, 0.717) is 5.02 Å². The molecule has 0 spiro atoms. The first-order chi connectivity index (χ1) is 7.03. The molecule has 2 rings (SSSR count). The van der Waals surface area contributed by atoms with Crippen molar-refractivity contribution in [3.8, 4) is 0 Å². The Hall–Kier alpha value is -1.02. The van der Waals surface area contributed by atoms with Crippen LogP contribution in [0.5, 0.6) is 0 Å². The number of halogens is 1. The molecule has 1 heterocycles. The number of benzene rings is 1. The summed E-state index contributed by atoms with van der Waals surface area (Å²) in [5, 5.41) is 0.691. The van der Waals surface area contributed by atoms with Crippen molar-refractivity contribution in [2.24, 2.45) is 0 Å². The van der Waals surface area contributed by atoms with Gasteiger partial charge >= 0.3 is 0 Å². The van der Waals surface area contributed by atoms with Crippen LogP contribution in [-0.4, -0.2) is 4.98 Å². The highest BCUT2D eigenvalue weighted by Crippen LogP contribution is 2.29. The zero-order valence-electron chi connectivity index (χ0n) is 9.17. The van der Waals surface area contributed by atoms with Crippen molar-refractivity contribution in [3.05, 3.63) is 29.1 Å². The van der Waals surface area contributed by atoms with Crippen LogP contribution in [0.25, 0.3) is 11.1 Å². The fourth-order valence-electron chi connectivity index (χ4n) is 1.34. The molecule has 0 radical (unpaired) electrons. The van der Waals surface area contributed by atoms with E-state index in [-0.39, 0.29) is 5.41 Å². The van der Waals surface area contributed by atoms with Gasteiger partial charge in [-0.25, -0.2) is 4.98 Å². The lowest BCUT2D eigenvalue weighted by atomic mass is 9.90. The third kappa shape index (κ3) is 1.86. The van der Waals surface area contributed by atoms with Crippen molar-refractivity contribution in [1.82, 2.24) is 4.98 Å². The lowest BCUT2D eigenvalue weighted by Gasteiger charge is -2.16. The Kier molecular flexibility index (Phi) is 2.47. The summed E-state index contributed by atoms with van der Waals surface area (Å²) in [5.74, 6) is 0.780. The third-order valence-corrected chi connectivity index (χ3v) is 3.05. The van der Waals surface area contributed by atoms with Crippen LogP contribution in [0.2, 0.25) is 5.02 Å². The maximum absolute atomic E-state index is 5.89. The molecule has 3 heteroatoms. The van der Waals surface area contributed by atoms with Crippen LogP contribution in [0.1, 0.15) is 33.1 Å². The molecule has 0 saturated carbocycles. The van der Waals surface area contributed by atoms with Crippen LogP contribution in [0.15, 0.2) is 22.6 Å². The highest BCUT2D eigenvalue weighted by atomic mass is 35.5. The van der Waals surface area contributed by atoms with Gasteiger partial charge in [0.25, 0.3) is 0 Å². The van der Waals surface area contributed by atoms with Crippen molar-refractivity contribution in [2.45, 2.75) is 32.6 Å². The molecule has 2 nitrogen and oxygen atoms in total. The van der Waals surface area contributed by atoms with Crippen LogP contribution < -0.4 is 0 Å². The van der Waals surface area contributed by atoms with Crippen molar-refractivity contribution in [2.75, 3.05) is 0 Å². The molecule has 0 unspecified atom stereocenters. The topological polar surface area (TPSA) is 26.0 Å². The molecule has 0 amide bonds. The molecule has 0 aliphatic heterocycles. The minimum Gasteiger partial charge on any atom is -0.440 e. The van der Waals surface area contributed by atoms with Gasteiger partial charge in [0.1, 0.15) is 5.52 Å². The molecule has 2 aromatic rings. The number of oxazole rings is 1. The average Bonchev–Trinajstić information content (AvgIpc) is 2.61. The molecular formula is C12H14ClNO. The minimum absolute atomic E-state index is 0.0223. The summed E-state index contributed by atoms with van der Waals surface area (Å²) in [6.45, 7) is 6.38. The van der Waals surface area contributed by atoms with E-state index in [9.17, 15) is 0 Å². The van der Waals surface area contributed by atoms with Gasteiger partial charge in [-0.1, -0.05) is 32.4 Å². The second-order valence-corrected chi connectivity index (χ2v) is 4.80. The summed E-state index contributed by atoms with van der Waals surface area (Å²) in [7, 11) is 0. The molecule has 0 aliphatic carbocycles. The van der Waals surface area contributed by atoms with E-state index in [1.54, 1.807) is 0 Å². The van der Waals surface area contributed by atoms with E-state index in [4.69, 9.17) is 16.0 Å². The molecule has 0 bridgehead atoms. The van der Waals surface area contributed by atoms with Crippen molar-refractivity contribution in [1.29, 1.82) is 0 Å². The van der Waals surface area contributed by atoms with Crippen molar-refractivity contribution >= 4 is 22.7 Å². The zero-order valence-corrected chi connectivity index (χ0v) is 9.93. The summed E-state index contributed by atoms with van der Waals surface area (Å²) < 4.78 is 5.71. The SMILES string of the molecule is CCC(C)(C)c1nc2cc(Cl)ccc2o1. The Morgan fingerprint density at radius 3 is 2.80 bits per heavy atom. The summed E-state index contributed by atoms with van der Waals surface area (Å²) in [6, 6.07) is 5.51. The standard InChI is InChI=1S/C12H14ClNO/c1-4-12(2,3)11-14-9-7-8(13)5-6-10(9)15-11/h5-7H,4H2,1-3H3. The molecule has 1 aromatic carbocycles. The minimum atomic E-state index is -0.0223. The molecule has 0 fully saturated rings.